The van der Waals surface area contributed by atoms with Crippen molar-refractivity contribution in [2.45, 2.75) is 46.2 Å². The minimum Gasteiger partial charge on any atom is -0.341 e. The Labute approximate surface area is 127 Å². The molecule has 0 aliphatic carbocycles. The van der Waals surface area contributed by atoms with Crippen LogP contribution in [-0.4, -0.2) is 56.7 Å². The summed E-state index contributed by atoms with van der Waals surface area (Å²) < 4.78 is 1.95. The lowest BCUT2D eigenvalue weighted by Crippen LogP contribution is -2.51. The molecule has 0 saturated carbocycles. The van der Waals surface area contributed by atoms with Crippen LogP contribution in [0.2, 0.25) is 0 Å². The second-order valence-corrected chi connectivity index (χ2v) is 7.06. The molecule has 1 atom stereocenters. The normalized spacial score (nSPS) is 20.5. The smallest absolute Gasteiger partial charge is 0.227 e. The molecule has 1 unspecified atom stereocenters. The van der Waals surface area contributed by atoms with Gasteiger partial charge in [-0.2, -0.15) is 0 Å². The molecule has 2 rings (SSSR count). The van der Waals surface area contributed by atoms with E-state index in [4.69, 9.17) is 0 Å². The van der Waals surface area contributed by atoms with Crippen molar-refractivity contribution in [1.29, 1.82) is 0 Å². The second kappa shape index (κ2) is 6.13. The van der Waals surface area contributed by atoms with Crippen LogP contribution in [0.1, 0.15) is 39.4 Å². The molecule has 6 nitrogen and oxygen atoms in total. The molecule has 0 spiro atoms. The van der Waals surface area contributed by atoms with E-state index < -0.39 is 0 Å². The number of likely N-dealkylation sites (N-methyl/N-ethyl adjacent to an activating group) is 1. The minimum absolute atomic E-state index is 0.216. The molecule has 2 heterocycles. The van der Waals surface area contributed by atoms with E-state index in [1.54, 1.807) is 6.33 Å². The topological polar surface area (TPSA) is 54.3 Å². The molecular formula is C15H27N5O. The molecule has 1 saturated heterocycles. The number of amides is 1. The molecule has 118 valence electrons. The van der Waals surface area contributed by atoms with Gasteiger partial charge in [-0.25, -0.2) is 0 Å². The Morgan fingerprint density at radius 1 is 1.48 bits per heavy atom. The van der Waals surface area contributed by atoms with Crippen molar-refractivity contribution in [2.75, 3.05) is 20.1 Å². The van der Waals surface area contributed by atoms with Crippen molar-refractivity contribution < 1.29 is 4.79 Å². The highest BCUT2D eigenvalue weighted by Gasteiger charge is 2.32. The zero-order valence-corrected chi connectivity index (χ0v) is 13.8. The van der Waals surface area contributed by atoms with Crippen molar-refractivity contribution in [3.05, 3.63) is 12.2 Å². The number of aromatic nitrogens is 3. The van der Waals surface area contributed by atoms with Crippen LogP contribution in [0.4, 0.5) is 0 Å². The Morgan fingerprint density at radius 3 is 2.76 bits per heavy atom. The number of piperidine rings is 1. The molecule has 6 heteroatoms. The van der Waals surface area contributed by atoms with Crippen LogP contribution in [-0.2, 0) is 18.4 Å². The summed E-state index contributed by atoms with van der Waals surface area (Å²) in [6.07, 6.45) is 3.92. The van der Waals surface area contributed by atoms with Crippen LogP contribution in [0.3, 0.4) is 0 Å². The standard InChI is InChI=1S/C15H27N5O/c1-15(2,3)14(21)19(5)12-7-6-8-20(9-12)10-13-17-16-11-18(13)4/h11-12H,6-10H2,1-5H3. The van der Waals surface area contributed by atoms with Gasteiger partial charge >= 0.3 is 0 Å². The van der Waals surface area contributed by atoms with E-state index in [1.807, 2.05) is 44.3 Å². The molecule has 0 aromatic carbocycles. The van der Waals surface area contributed by atoms with Crippen LogP contribution in [0, 0.1) is 5.41 Å². The molecule has 1 fully saturated rings. The monoisotopic (exact) mass is 293 g/mol. The van der Waals surface area contributed by atoms with Crippen molar-refractivity contribution >= 4 is 5.91 Å². The molecule has 0 radical (unpaired) electrons. The lowest BCUT2D eigenvalue weighted by Gasteiger charge is -2.39. The molecule has 1 aliphatic rings. The van der Waals surface area contributed by atoms with Crippen LogP contribution in [0.5, 0.6) is 0 Å². The largest absolute Gasteiger partial charge is 0.341 e. The lowest BCUT2D eigenvalue weighted by molar-refractivity contribution is -0.141. The number of aryl methyl sites for hydroxylation is 1. The van der Waals surface area contributed by atoms with Gasteiger partial charge in [-0.15, -0.1) is 10.2 Å². The number of carbonyl (C=O) groups is 1. The summed E-state index contributed by atoms with van der Waals surface area (Å²) in [5.74, 6) is 1.19. The number of nitrogens with zero attached hydrogens (tertiary/aromatic N) is 5. The summed E-state index contributed by atoms with van der Waals surface area (Å²) in [4.78, 5) is 16.7. The summed E-state index contributed by atoms with van der Waals surface area (Å²) in [6, 6.07) is 0.290. The van der Waals surface area contributed by atoms with Crippen LogP contribution < -0.4 is 0 Å². The third-order valence-corrected chi connectivity index (χ3v) is 4.16. The fraction of sp³-hybridized carbons (Fsp3) is 0.800. The Morgan fingerprint density at radius 2 is 2.19 bits per heavy atom. The van der Waals surface area contributed by atoms with Gasteiger partial charge in [0.05, 0.1) is 6.54 Å². The molecule has 0 bridgehead atoms. The van der Waals surface area contributed by atoms with Crippen molar-refractivity contribution in [3.8, 4) is 0 Å². The molecule has 21 heavy (non-hydrogen) atoms. The summed E-state index contributed by atoms with van der Waals surface area (Å²) in [7, 11) is 3.90. The zero-order chi connectivity index (χ0) is 15.6. The molecule has 0 N–H and O–H groups in total. The molecular weight excluding hydrogens is 266 g/mol. The summed E-state index contributed by atoms with van der Waals surface area (Å²) in [5, 5.41) is 8.07. The highest BCUT2D eigenvalue weighted by atomic mass is 16.2. The summed E-state index contributed by atoms with van der Waals surface area (Å²) in [5.41, 5.74) is -0.319. The van der Waals surface area contributed by atoms with Gasteiger partial charge in [0.1, 0.15) is 12.2 Å². The quantitative estimate of drug-likeness (QED) is 0.842. The minimum atomic E-state index is -0.319. The Hall–Kier alpha value is -1.43. The average molecular weight is 293 g/mol. The first kappa shape index (κ1) is 15.9. The fourth-order valence-corrected chi connectivity index (χ4v) is 2.84. The van der Waals surface area contributed by atoms with Crippen molar-refractivity contribution in [1.82, 2.24) is 24.6 Å². The Kier molecular flexibility index (Phi) is 4.66. The number of hydrogen-bond acceptors (Lipinski definition) is 4. The van der Waals surface area contributed by atoms with Crippen LogP contribution in [0.15, 0.2) is 6.33 Å². The maximum atomic E-state index is 12.4. The van der Waals surface area contributed by atoms with Gasteiger partial charge in [-0.1, -0.05) is 20.8 Å². The molecule has 1 aromatic heterocycles. The van der Waals surface area contributed by atoms with E-state index in [0.717, 1.165) is 38.3 Å². The highest BCUT2D eigenvalue weighted by molar-refractivity contribution is 5.81. The van der Waals surface area contributed by atoms with E-state index in [1.165, 1.54) is 0 Å². The van der Waals surface area contributed by atoms with E-state index in [2.05, 4.69) is 15.1 Å². The maximum absolute atomic E-state index is 12.4. The average Bonchev–Trinajstić information content (AvgIpc) is 2.82. The van der Waals surface area contributed by atoms with E-state index >= 15 is 0 Å². The summed E-state index contributed by atoms with van der Waals surface area (Å²) in [6.45, 7) is 8.70. The molecule has 1 aliphatic heterocycles. The maximum Gasteiger partial charge on any atom is 0.227 e. The first-order valence-corrected chi connectivity index (χ1v) is 7.61. The van der Waals surface area contributed by atoms with E-state index in [-0.39, 0.29) is 11.3 Å². The third kappa shape index (κ3) is 3.81. The van der Waals surface area contributed by atoms with Gasteiger partial charge in [-0.3, -0.25) is 9.69 Å². The predicted molar refractivity (Wildman–Crippen MR) is 81.5 cm³/mol. The van der Waals surface area contributed by atoms with Gasteiger partial charge < -0.3 is 9.47 Å². The predicted octanol–water partition coefficient (Wildman–Crippen LogP) is 1.28. The number of rotatable bonds is 3. The molecule has 1 aromatic rings. The number of carbonyl (C=O) groups excluding carboxylic acids is 1. The SMILES string of the molecule is CN(C(=O)C(C)(C)C)C1CCCN(Cc2nncn2C)C1. The van der Waals surface area contributed by atoms with Gasteiger partial charge in [0.15, 0.2) is 0 Å². The first-order valence-electron chi connectivity index (χ1n) is 7.61. The fourth-order valence-electron chi connectivity index (χ4n) is 2.84. The van der Waals surface area contributed by atoms with Crippen LogP contribution in [0.25, 0.3) is 0 Å². The first-order chi connectivity index (χ1) is 9.79. The van der Waals surface area contributed by atoms with E-state index in [0.29, 0.717) is 6.04 Å². The third-order valence-electron chi connectivity index (χ3n) is 4.16. The Bertz CT molecular complexity index is 490. The van der Waals surface area contributed by atoms with Gasteiger partial charge in [0.2, 0.25) is 5.91 Å². The van der Waals surface area contributed by atoms with E-state index in [9.17, 15) is 4.79 Å². The lowest BCUT2D eigenvalue weighted by atomic mass is 9.93. The highest BCUT2D eigenvalue weighted by Crippen LogP contribution is 2.22. The van der Waals surface area contributed by atoms with Crippen molar-refractivity contribution in [2.24, 2.45) is 12.5 Å². The second-order valence-electron chi connectivity index (χ2n) is 7.06. The molecule has 1 amide bonds. The van der Waals surface area contributed by atoms with Gasteiger partial charge in [0, 0.05) is 32.1 Å². The number of likely N-dealkylation sites (tertiary alicyclic amines) is 1. The Balaban J connectivity index is 1.97. The van der Waals surface area contributed by atoms with Crippen LogP contribution >= 0.6 is 0 Å². The van der Waals surface area contributed by atoms with Gasteiger partial charge in [-0.05, 0) is 19.4 Å². The number of hydrogen-bond donors (Lipinski definition) is 0. The van der Waals surface area contributed by atoms with Gasteiger partial charge in [0.25, 0.3) is 0 Å². The summed E-state index contributed by atoms with van der Waals surface area (Å²) >= 11 is 0. The zero-order valence-electron chi connectivity index (χ0n) is 13.8. The van der Waals surface area contributed by atoms with Crippen molar-refractivity contribution in [3.63, 3.8) is 0 Å².